The van der Waals surface area contributed by atoms with Crippen molar-refractivity contribution in [2.24, 2.45) is 0 Å². The Kier molecular flexibility index (Phi) is 4.34. The third kappa shape index (κ3) is 2.81. The van der Waals surface area contributed by atoms with Crippen LogP contribution in [0.15, 0.2) is 48.5 Å². The van der Waals surface area contributed by atoms with E-state index in [9.17, 15) is 9.18 Å². The van der Waals surface area contributed by atoms with Crippen LogP contribution in [-0.2, 0) is 0 Å². The lowest BCUT2D eigenvalue weighted by Crippen LogP contribution is -2.30. The second-order valence-electron chi connectivity index (χ2n) is 4.98. The Labute approximate surface area is 133 Å². The molecule has 1 amide bonds. The van der Waals surface area contributed by atoms with E-state index >= 15 is 0 Å². The summed E-state index contributed by atoms with van der Waals surface area (Å²) in [6, 6.07) is 13.6. The van der Waals surface area contributed by atoms with Gasteiger partial charge in [-0.25, -0.2) is 4.39 Å². The van der Waals surface area contributed by atoms with Crippen LogP contribution in [-0.4, -0.2) is 30.2 Å². The average molecular weight is 317 g/mol. The molecule has 2 aromatic carbocycles. The van der Waals surface area contributed by atoms with Crippen molar-refractivity contribution in [3.8, 4) is 5.75 Å². The van der Waals surface area contributed by atoms with Gasteiger partial charge in [0.25, 0.3) is 5.91 Å². The number of rotatable bonds is 3. The second-order valence-corrected chi connectivity index (χ2v) is 6.17. The van der Waals surface area contributed by atoms with Crippen LogP contribution < -0.4 is 4.74 Å². The van der Waals surface area contributed by atoms with Gasteiger partial charge in [0.1, 0.15) is 16.9 Å². The molecule has 0 aliphatic carbocycles. The summed E-state index contributed by atoms with van der Waals surface area (Å²) < 4.78 is 18.7. The van der Waals surface area contributed by atoms with Gasteiger partial charge in [-0.15, -0.1) is 11.8 Å². The van der Waals surface area contributed by atoms with E-state index < -0.39 is 0 Å². The van der Waals surface area contributed by atoms with Crippen LogP contribution >= 0.6 is 11.8 Å². The Balaban J connectivity index is 1.91. The highest BCUT2D eigenvalue weighted by atomic mass is 32.2. The largest absolute Gasteiger partial charge is 0.496 e. The molecule has 2 aromatic rings. The lowest BCUT2D eigenvalue weighted by molar-refractivity contribution is 0.0756. The molecule has 5 heteroatoms. The van der Waals surface area contributed by atoms with Crippen molar-refractivity contribution in [2.45, 2.75) is 5.37 Å². The summed E-state index contributed by atoms with van der Waals surface area (Å²) in [6.07, 6.45) is 0. The van der Waals surface area contributed by atoms with Crippen molar-refractivity contribution in [2.75, 3.05) is 19.4 Å². The number of hydrogen-bond acceptors (Lipinski definition) is 3. The lowest BCUT2D eigenvalue weighted by atomic mass is 10.1. The van der Waals surface area contributed by atoms with E-state index in [1.165, 1.54) is 12.1 Å². The summed E-state index contributed by atoms with van der Waals surface area (Å²) in [4.78, 5) is 14.6. The fourth-order valence-corrected chi connectivity index (χ4v) is 3.84. The molecule has 1 aliphatic heterocycles. The summed E-state index contributed by atoms with van der Waals surface area (Å²) >= 11 is 1.65. The molecule has 1 fully saturated rings. The van der Waals surface area contributed by atoms with E-state index in [1.807, 2.05) is 18.2 Å². The maximum Gasteiger partial charge on any atom is 0.258 e. The van der Waals surface area contributed by atoms with Crippen LogP contribution in [0.2, 0.25) is 0 Å². The number of carbonyl (C=O) groups excluding carboxylic acids is 1. The molecule has 1 atom stereocenters. The van der Waals surface area contributed by atoms with E-state index in [0.29, 0.717) is 17.9 Å². The van der Waals surface area contributed by atoms with Crippen LogP contribution in [0.1, 0.15) is 21.3 Å². The Morgan fingerprint density at radius 2 is 2.09 bits per heavy atom. The minimum Gasteiger partial charge on any atom is -0.496 e. The number of hydrogen-bond donors (Lipinski definition) is 0. The first-order valence-corrected chi connectivity index (χ1v) is 8.06. The molecule has 3 nitrogen and oxygen atoms in total. The number of halogens is 1. The normalized spacial score (nSPS) is 17.5. The molecule has 0 radical (unpaired) electrons. The Hall–Kier alpha value is -2.01. The summed E-state index contributed by atoms with van der Waals surface area (Å²) in [5.74, 6) is 1.02. The number of para-hydroxylation sites is 1. The van der Waals surface area contributed by atoms with Gasteiger partial charge in [-0.1, -0.05) is 24.3 Å². The predicted octanol–water partition coefficient (Wildman–Crippen LogP) is 3.72. The number of methoxy groups -OCH3 is 1. The summed E-state index contributed by atoms with van der Waals surface area (Å²) in [5.41, 5.74) is 1.35. The molecule has 0 aromatic heterocycles. The molecule has 1 aliphatic rings. The van der Waals surface area contributed by atoms with Gasteiger partial charge in [-0.2, -0.15) is 0 Å². The van der Waals surface area contributed by atoms with Crippen LogP contribution in [0.25, 0.3) is 0 Å². The summed E-state index contributed by atoms with van der Waals surface area (Å²) in [7, 11) is 1.55. The van der Waals surface area contributed by atoms with Crippen molar-refractivity contribution in [1.82, 2.24) is 4.90 Å². The van der Waals surface area contributed by atoms with Crippen molar-refractivity contribution < 1.29 is 13.9 Å². The van der Waals surface area contributed by atoms with Crippen LogP contribution in [0.5, 0.6) is 5.75 Å². The highest BCUT2D eigenvalue weighted by Crippen LogP contribution is 2.39. The lowest BCUT2D eigenvalue weighted by Gasteiger charge is -2.25. The first-order chi connectivity index (χ1) is 10.7. The van der Waals surface area contributed by atoms with Gasteiger partial charge in [0.15, 0.2) is 0 Å². The fourth-order valence-electron chi connectivity index (χ4n) is 2.59. The molecular weight excluding hydrogens is 301 g/mol. The molecule has 0 N–H and O–H groups in total. The number of amides is 1. The predicted molar refractivity (Wildman–Crippen MR) is 85.6 cm³/mol. The number of benzene rings is 2. The van der Waals surface area contributed by atoms with Gasteiger partial charge in [0.05, 0.1) is 12.7 Å². The monoisotopic (exact) mass is 317 g/mol. The van der Waals surface area contributed by atoms with Crippen molar-refractivity contribution in [3.63, 3.8) is 0 Å². The Morgan fingerprint density at radius 3 is 2.86 bits per heavy atom. The zero-order valence-corrected chi connectivity index (χ0v) is 13.0. The molecule has 22 heavy (non-hydrogen) atoms. The highest BCUT2D eigenvalue weighted by molar-refractivity contribution is 7.99. The molecule has 3 rings (SSSR count). The molecular formula is C17H16FNO2S. The fraction of sp³-hybridized carbons (Fsp3) is 0.235. The maximum atomic E-state index is 13.5. The number of nitrogens with zero attached hydrogens (tertiary/aromatic N) is 1. The van der Waals surface area contributed by atoms with Crippen LogP contribution in [0.3, 0.4) is 0 Å². The highest BCUT2D eigenvalue weighted by Gasteiger charge is 2.32. The van der Waals surface area contributed by atoms with E-state index in [1.54, 1.807) is 42.0 Å². The van der Waals surface area contributed by atoms with E-state index in [-0.39, 0.29) is 17.1 Å². The van der Waals surface area contributed by atoms with Gasteiger partial charge in [0.2, 0.25) is 0 Å². The third-order valence-electron chi connectivity index (χ3n) is 3.62. The number of ether oxygens (including phenoxy) is 1. The minimum atomic E-state index is -0.283. The molecule has 1 heterocycles. The SMILES string of the molecule is COc1ccccc1C(=O)N1CCS[C@@H]1c1cccc(F)c1. The molecule has 0 bridgehead atoms. The third-order valence-corrected chi connectivity index (χ3v) is 4.88. The van der Waals surface area contributed by atoms with Crippen molar-refractivity contribution in [1.29, 1.82) is 0 Å². The quantitative estimate of drug-likeness (QED) is 0.864. The van der Waals surface area contributed by atoms with E-state index in [4.69, 9.17) is 4.74 Å². The molecule has 0 unspecified atom stereocenters. The maximum absolute atomic E-state index is 13.5. The summed E-state index contributed by atoms with van der Waals surface area (Å²) in [6.45, 7) is 0.642. The van der Waals surface area contributed by atoms with Gasteiger partial charge < -0.3 is 9.64 Å². The number of carbonyl (C=O) groups is 1. The standard InChI is InChI=1S/C17H16FNO2S/c1-21-15-8-3-2-7-14(15)16(20)19-9-10-22-17(19)12-5-4-6-13(18)11-12/h2-8,11,17H,9-10H2,1H3/t17-/m1/s1. The van der Waals surface area contributed by atoms with Gasteiger partial charge >= 0.3 is 0 Å². The molecule has 0 spiro atoms. The topological polar surface area (TPSA) is 29.5 Å². The van der Waals surface area contributed by atoms with E-state index in [0.717, 1.165) is 11.3 Å². The van der Waals surface area contributed by atoms with Crippen molar-refractivity contribution in [3.05, 3.63) is 65.5 Å². The van der Waals surface area contributed by atoms with Crippen LogP contribution in [0.4, 0.5) is 4.39 Å². The molecule has 114 valence electrons. The molecule has 1 saturated heterocycles. The Bertz CT molecular complexity index is 692. The first kappa shape index (κ1) is 14.9. The van der Waals surface area contributed by atoms with Crippen LogP contribution in [0, 0.1) is 5.82 Å². The second kappa shape index (κ2) is 6.40. The first-order valence-electron chi connectivity index (χ1n) is 7.02. The minimum absolute atomic E-state index is 0.0864. The smallest absolute Gasteiger partial charge is 0.258 e. The average Bonchev–Trinajstić information content (AvgIpc) is 3.03. The number of thioether (sulfide) groups is 1. The zero-order chi connectivity index (χ0) is 15.5. The summed E-state index contributed by atoms with van der Waals surface area (Å²) in [5, 5.41) is -0.159. The van der Waals surface area contributed by atoms with Crippen molar-refractivity contribution >= 4 is 17.7 Å². The zero-order valence-electron chi connectivity index (χ0n) is 12.2. The Morgan fingerprint density at radius 1 is 1.27 bits per heavy atom. The van der Waals surface area contributed by atoms with Gasteiger partial charge in [-0.3, -0.25) is 4.79 Å². The van der Waals surface area contributed by atoms with Gasteiger partial charge in [-0.05, 0) is 29.8 Å². The molecule has 0 saturated carbocycles. The van der Waals surface area contributed by atoms with E-state index in [2.05, 4.69) is 0 Å². The van der Waals surface area contributed by atoms with Gasteiger partial charge in [0, 0.05) is 12.3 Å².